The topological polar surface area (TPSA) is 33.1 Å². The molecule has 1 N–H and O–H groups in total. The minimum Gasteiger partial charge on any atom is -0.385 e. The summed E-state index contributed by atoms with van der Waals surface area (Å²) in [5.74, 6) is 0.108. The lowest BCUT2D eigenvalue weighted by Crippen LogP contribution is -2.01. The third-order valence-corrected chi connectivity index (χ3v) is 1.86. The monoisotopic (exact) mass is 191 g/mol. The van der Waals surface area contributed by atoms with Gasteiger partial charge in [-0.15, -0.1) is 11.6 Å². The Balaban J connectivity index is 2.93. The lowest BCUT2D eigenvalue weighted by molar-refractivity contribution is 0.198. The highest BCUT2D eigenvalue weighted by Crippen LogP contribution is 2.20. The highest BCUT2D eigenvalue weighted by Gasteiger charge is 2.10. The Morgan fingerprint density at radius 3 is 2.91 bits per heavy atom. The molecule has 1 rings (SSSR count). The molecule has 0 fully saturated rings. The lowest BCUT2D eigenvalue weighted by Gasteiger charge is -2.06. The smallest absolute Gasteiger partial charge is 0.111 e. The van der Waals surface area contributed by atoms with E-state index in [0.717, 1.165) is 0 Å². The van der Waals surface area contributed by atoms with E-state index in [-0.39, 0.29) is 5.88 Å². The Bertz CT molecular complexity index is 242. The van der Waals surface area contributed by atoms with Crippen molar-refractivity contribution in [2.75, 3.05) is 5.88 Å². The number of rotatable bonds is 2. The number of pyridine rings is 1. The van der Waals surface area contributed by atoms with Crippen LogP contribution in [0.5, 0.6) is 0 Å². The van der Waals surface area contributed by atoms with E-state index >= 15 is 0 Å². The van der Waals surface area contributed by atoms with Gasteiger partial charge in [0.1, 0.15) is 6.10 Å². The van der Waals surface area contributed by atoms with Crippen LogP contribution in [-0.2, 0) is 0 Å². The summed E-state index contributed by atoms with van der Waals surface area (Å²) in [6.07, 6.45) is 0.794. The summed E-state index contributed by atoms with van der Waals surface area (Å²) < 4.78 is 0. The van der Waals surface area contributed by atoms with E-state index < -0.39 is 6.10 Å². The Labute approximate surface area is 74.8 Å². The first kappa shape index (κ1) is 8.78. The van der Waals surface area contributed by atoms with Gasteiger partial charge in [-0.2, -0.15) is 0 Å². The summed E-state index contributed by atoms with van der Waals surface area (Å²) in [6, 6.07) is 3.37. The largest absolute Gasteiger partial charge is 0.385 e. The predicted molar refractivity (Wildman–Crippen MR) is 44.9 cm³/mol. The highest BCUT2D eigenvalue weighted by molar-refractivity contribution is 6.31. The van der Waals surface area contributed by atoms with Gasteiger partial charge in [-0.3, -0.25) is 4.98 Å². The van der Waals surface area contributed by atoms with Gasteiger partial charge < -0.3 is 5.11 Å². The molecule has 11 heavy (non-hydrogen) atoms. The third kappa shape index (κ3) is 2.06. The van der Waals surface area contributed by atoms with Crippen molar-refractivity contribution in [3.8, 4) is 0 Å². The summed E-state index contributed by atoms with van der Waals surface area (Å²) in [6.45, 7) is 0. The number of hydrogen-bond acceptors (Lipinski definition) is 2. The zero-order valence-electron chi connectivity index (χ0n) is 5.67. The van der Waals surface area contributed by atoms with Crippen LogP contribution in [0.2, 0.25) is 5.02 Å². The first-order chi connectivity index (χ1) is 5.25. The number of aliphatic hydroxyl groups excluding tert-OH is 1. The fourth-order valence-corrected chi connectivity index (χ4v) is 1.11. The second-order valence-corrected chi connectivity index (χ2v) is 2.76. The maximum Gasteiger partial charge on any atom is 0.111 e. The summed E-state index contributed by atoms with van der Waals surface area (Å²) in [5, 5.41) is 9.68. The Kier molecular flexibility index (Phi) is 3.12. The first-order valence-electron chi connectivity index (χ1n) is 3.10. The van der Waals surface area contributed by atoms with Crippen LogP contribution in [0.4, 0.5) is 0 Å². The van der Waals surface area contributed by atoms with E-state index in [1.54, 1.807) is 18.3 Å². The van der Waals surface area contributed by atoms with Crippen molar-refractivity contribution < 1.29 is 5.11 Å². The van der Waals surface area contributed by atoms with E-state index in [4.69, 9.17) is 23.2 Å². The van der Waals surface area contributed by atoms with Crippen LogP contribution in [0.3, 0.4) is 0 Å². The molecular weight excluding hydrogens is 185 g/mol. The number of aliphatic hydroxyl groups is 1. The fourth-order valence-electron chi connectivity index (χ4n) is 0.716. The molecule has 0 aliphatic carbocycles. The van der Waals surface area contributed by atoms with E-state index in [9.17, 15) is 5.11 Å². The third-order valence-electron chi connectivity index (χ3n) is 1.25. The van der Waals surface area contributed by atoms with Crippen LogP contribution >= 0.6 is 23.2 Å². The SMILES string of the molecule is O[C@@H](CCl)c1ncccc1Cl. The van der Waals surface area contributed by atoms with Crippen molar-refractivity contribution in [1.82, 2.24) is 4.98 Å². The molecule has 60 valence electrons. The molecule has 1 atom stereocenters. The van der Waals surface area contributed by atoms with Gasteiger partial charge in [0, 0.05) is 6.20 Å². The van der Waals surface area contributed by atoms with Crippen molar-refractivity contribution in [1.29, 1.82) is 0 Å². The van der Waals surface area contributed by atoms with Crippen molar-refractivity contribution >= 4 is 23.2 Å². The second kappa shape index (κ2) is 3.90. The quantitative estimate of drug-likeness (QED) is 0.727. The molecule has 0 radical (unpaired) electrons. The fraction of sp³-hybridized carbons (Fsp3) is 0.286. The summed E-state index contributed by atoms with van der Waals surface area (Å²) in [7, 11) is 0. The molecule has 0 saturated carbocycles. The van der Waals surface area contributed by atoms with Gasteiger partial charge in [-0.25, -0.2) is 0 Å². The van der Waals surface area contributed by atoms with Gasteiger partial charge in [0.15, 0.2) is 0 Å². The highest BCUT2D eigenvalue weighted by atomic mass is 35.5. The van der Waals surface area contributed by atoms with Crippen LogP contribution in [0.25, 0.3) is 0 Å². The molecule has 0 amide bonds. The number of alkyl halides is 1. The van der Waals surface area contributed by atoms with E-state index in [1.165, 1.54) is 0 Å². The van der Waals surface area contributed by atoms with Crippen LogP contribution in [-0.4, -0.2) is 16.0 Å². The normalized spacial score (nSPS) is 13.0. The molecular formula is C7H7Cl2NO. The zero-order valence-corrected chi connectivity index (χ0v) is 7.18. The molecule has 0 unspecified atom stereocenters. The zero-order chi connectivity index (χ0) is 8.27. The number of nitrogens with zero attached hydrogens (tertiary/aromatic N) is 1. The molecule has 0 saturated heterocycles. The van der Waals surface area contributed by atoms with Crippen molar-refractivity contribution in [2.24, 2.45) is 0 Å². The number of hydrogen-bond donors (Lipinski definition) is 1. The molecule has 0 aromatic carbocycles. The standard InChI is InChI=1S/C7H7Cl2NO/c8-4-6(11)7-5(9)2-1-3-10-7/h1-3,6,11H,4H2/t6-/m0/s1. The van der Waals surface area contributed by atoms with Crippen molar-refractivity contribution in [3.05, 3.63) is 29.0 Å². The molecule has 0 aliphatic heterocycles. The van der Waals surface area contributed by atoms with Crippen molar-refractivity contribution in [3.63, 3.8) is 0 Å². The number of halogens is 2. The maximum absolute atomic E-state index is 9.23. The summed E-state index contributed by atoms with van der Waals surface area (Å²) >= 11 is 11.1. The molecule has 1 heterocycles. The van der Waals surface area contributed by atoms with Gasteiger partial charge in [-0.1, -0.05) is 11.6 Å². The maximum atomic E-state index is 9.23. The van der Waals surface area contributed by atoms with Crippen LogP contribution in [0.15, 0.2) is 18.3 Å². The van der Waals surface area contributed by atoms with Crippen LogP contribution in [0, 0.1) is 0 Å². The van der Waals surface area contributed by atoms with E-state index in [0.29, 0.717) is 10.7 Å². The first-order valence-corrected chi connectivity index (χ1v) is 4.01. The minimum atomic E-state index is -0.773. The van der Waals surface area contributed by atoms with Crippen LogP contribution in [0.1, 0.15) is 11.8 Å². The summed E-state index contributed by atoms with van der Waals surface area (Å²) in [5.41, 5.74) is 0.434. The van der Waals surface area contributed by atoms with E-state index in [2.05, 4.69) is 4.98 Å². The Morgan fingerprint density at radius 1 is 1.64 bits per heavy atom. The summed E-state index contributed by atoms with van der Waals surface area (Å²) in [4.78, 5) is 3.88. The molecule has 1 aromatic heterocycles. The van der Waals surface area contributed by atoms with Gasteiger partial charge in [0.25, 0.3) is 0 Å². The molecule has 4 heteroatoms. The average Bonchev–Trinajstić information content (AvgIpc) is 2.04. The van der Waals surface area contributed by atoms with Gasteiger partial charge >= 0.3 is 0 Å². The van der Waals surface area contributed by atoms with Crippen molar-refractivity contribution in [2.45, 2.75) is 6.10 Å². The Morgan fingerprint density at radius 2 is 2.36 bits per heavy atom. The molecule has 1 aromatic rings. The second-order valence-electron chi connectivity index (χ2n) is 2.04. The van der Waals surface area contributed by atoms with Gasteiger partial charge in [0.2, 0.25) is 0 Å². The minimum absolute atomic E-state index is 0.108. The number of aromatic nitrogens is 1. The average molecular weight is 192 g/mol. The van der Waals surface area contributed by atoms with Gasteiger partial charge in [-0.05, 0) is 12.1 Å². The Hall–Kier alpha value is -0.310. The van der Waals surface area contributed by atoms with Gasteiger partial charge in [0.05, 0.1) is 16.6 Å². The van der Waals surface area contributed by atoms with Crippen LogP contribution < -0.4 is 0 Å². The molecule has 0 aliphatic rings. The molecule has 2 nitrogen and oxygen atoms in total. The molecule has 0 bridgehead atoms. The lowest BCUT2D eigenvalue weighted by atomic mass is 10.2. The molecule has 0 spiro atoms. The predicted octanol–water partition coefficient (Wildman–Crippen LogP) is 2.01. The van der Waals surface area contributed by atoms with E-state index in [1.807, 2.05) is 0 Å².